The Labute approximate surface area is 108 Å². The first-order valence-corrected chi connectivity index (χ1v) is 5.80. The highest BCUT2D eigenvalue weighted by molar-refractivity contribution is 5.87. The van der Waals surface area contributed by atoms with Gasteiger partial charge in [-0.2, -0.15) is 5.10 Å². The third-order valence-electron chi connectivity index (χ3n) is 3.19. The number of nitrogens with one attached hydrogen (secondary N) is 1. The highest BCUT2D eigenvalue weighted by Gasteiger charge is 2.21. The van der Waals surface area contributed by atoms with E-state index in [0.717, 1.165) is 0 Å². The van der Waals surface area contributed by atoms with E-state index in [4.69, 9.17) is 5.11 Å². The quantitative estimate of drug-likeness (QED) is 0.837. The van der Waals surface area contributed by atoms with Crippen molar-refractivity contribution in [2.75, 3.05) is 4.90 Å². The van der Waals surface area contributed by atoms with Crippen LogP contribution in [-0.2, 0) is 13.1 Å². The lowest BCUT2D eigenvalue weighted by atomic mass is 10.1. The smallest absolute Gasteiger partial charge is 0.341 e. The first-order chi connectivity index (χ1) is 9.15. The van der Waals surface area contributed by atoms with Gasteiger partial charge in [-0.3, -0.25) is 4.79 Å². The van der Waals surface area contributed by atoms with Gasteiger partial charge in [-0.05, 0) is 11.1 Å². The number of aromatic nitrogens is 2. The lowest BCUT2D eigenvalue weighted by Gasteiger charge is -2.15. The maximum atomic E-state index is 11.3. The van der Waals surface area contributed by atoms with Gasteiger partial charge in [-0.15, -0.1) is 0 Å². The molecule has 0 amide bonds. The summed E-state index contributed by atoms with van der Waals surface area (Å²) in [6.07, 6.45) is 0. The number of carbonyl (C=O) groups is 1. The molecule has 0 spiro atoms. The summed E-state index contributed by atoms with van der Waals surface area (Å²) in [7, 11) is 0. The van der Waals surface area contributed by atoms with Gasteiger partial charge < -0.3 is 10.0 Å². The fourth-order valence-electron chi connectivity index (χ4n) is 2.21. The fourth-order valence-corrected chi connectivity index (χ4v) is 2.21. The number of benzene rings is 1. The summed E-state index contributed by atoms with van der Waals surface area (Å²) >= 11 is 0. The van der Waals surface area contributed by atoms with Gasteiger partial charge in [0.1, 0.15) is 5.56 Å². The molecule has 1 aromatic heterocycles. The molecule has 0 radical (unpaired) electrons. The molecule has 96 valence electrons. The Bertz CT molecular complexity index is 683. The molecular formula is C13H11N3O3. The molecule has 2 aromatic rings. The van der Waals surface area contributed by atoms with Crippen molar-refractivity contribution in [3.8, 4) is 0 Å². The van der Waals surface area contributed by atoms with Crippen molar-refractivity contribution in [1.29, 1.82) is 0 Å². The second-order valence-electron chi connectivity index (χ2n) is 4.40. The lowest BCUT2D eigenvalue weighted by molar-refractivity contribution is 0.0694. The average molecular weight is 257 g/mol. The van der Waals surface area contributed by atoms with Crippen LogP contribution < -0.4 is 10.5 Å². The van der Waals surface area contributed by atoms with Crippen molar-refractivity contribution < 1.29 is 9.90 Å². The second kappa shape index (κ2) is 4.24. The van der Waals surface area contributed by atoms with E-state index >= 15 is 0 Å². The maximum absolute atomic E-state index is 11.3. The molecule has 6 heteroatoms. The van der Waals surface area contributed by atoms with E-state index in [9.17, 15) is 9.59 Å². The molecule has 1 aliphatic rings. The monoisotopic (exact) mass is 257 g/mol. The minimum Gasteiger partial charge on any atom is -0.477 e. The predicted octanol–water partition coefficient (Wildman–Crippen LogP) is 0.988. The van der Waals surface area contributed by atoms with Gasteiger partial charge in [-0.25, -0.2) is 9.89 Å². The van der Waals surface area contributed by atoms with Crippen LogP contribution in [0, 0.1) is 0 Å². The Hall–Kier alpha value is -2.63. The molecule has 0 aliphatic carbocycles. The van der Waals surface area contributed by atoms with Gasteiger partial charge in [0.2, 0.25) is 0 Å². The molecular weight excluding hydrogens is 246 g/mol. The van der Waals surface area contributed by atoms with Gasteiger partial charge in [0.25, 0.3) is 5.56 Å². The number of hydrogen-bond acceptors (Lipinski definition) is 4. The van der Waals surface area contributed by atoms with Crippen LogP contribution in [0.3, 0.4) is 0 Å². The summed E-state index contributed by atoms with van der Waals surface area (Å²) in [5, 5.41) is 15.1. The van der Waals surface area contributed by atoms with Gasteiger partial charge in [0.05, 0.1) is 0 Å². The number of carboxylic acids is 1. The molecule has 1 aliphatic heterocycles. The van der Waals surface area contributed by atoms with E-state index in [0.29, 0.717) is 18.9 Å². The van der Waals surface area contributed by atoms with Crippen molar-refractivity contribution in [2.45, 2.75) is 13.1 Å². The van der Waals surface area contributed by atoms with Crippen molar-refractivity contribution in [3.63, 3.8) is 0 Å². The first-order valence-electron chi connectivity index (χ1n) is 5.80. The average Bonchev–Trinajstić information content (AvgIpc) is 2.82. The third-order valence-corrected chi connectivity index (χ3v) is 3.19. The standard InChI is InChI=1S/C13H11N3O3/c17-12-10(13(18)19)5-11(14-15-12)16-6-8-3-1-2-4-9(8)7-16/h1-5H,6-7H2,(H,15,17)(H,18,19). The van der Waals surface area contributed by atoms with Crippen LogP contribution in [0.1, 0.15) is 21.5 Å². The van der Waals surface area contributed by atoms with Gasteiger partial charge in [0.15, 0.2) is 5.82 Å². The molecule has 6 nitrogen and oxygen atoms in total. The summed E-state index contributed by atoms with van der Waals surface area (Å²) in [5.41, 5.74) is 1.40. The lowest BCUT2D eigenvalue weighted by Crippen LogP contribution is -2.23. The molecule has 1 aromatic carbocycles. The summed E-state index contributed by atoms with van der Waals surface area (Å²) < 4.78 is 0. The normalized spacial score (nSPS) is 13.4. The van der Waals surface area contributed by atoms with E-state index < -0.39 is 11.5 Å². The Morgan fingerprint density at radius 1 is 1.26 bits per heavy atom. The molecule has 0 saturated heterocycles. The summed E-state index contributed by atoms with van der Waals surface area (Å²) in [4.78, 5) is 24.2. The van der Waals surface area contributed by atoms with Crippen LogP contribution in [0.5, 0.6) is 0 Å². The van der Waals surface area contributed by atoms with Crippen molar-refractivity contribution in [2.24, 2.45) is 0 Å². The molecule has 0 fully saturated rings. The number of carboxylic acid groups (broad SMARTS) is 1. The number of rotatable bonds is 2. The highest BCUT2D eigenvalue weighted by Crippen LogP contribution is 2.26. The number of hydrogen-bond donors (Lipinski definition) is 2. The van der Waals surface area contributed by atoms with E-state index in [1.54, 1.807) is 0 Å². The van der Waals surface area contributed by atoms with E-state index in [-0.39, 0.29) is 5.56 Å². The SMILES string of the molecule is O=C(O)c1cc(N2Cc3ccccc3C2)n[nH]c1=O. The van der Waals surface area contributed by atoms with E-state index in [1.807, 2.05) is 29.2 Å². The summed E-state index contributed by atoms with van der Waals surface area (Å²) in [5.74, 6) is -0.783. The number of anilines is 1. The molecule has 0 saturated carbocycles. The minimum absolute atomic E-state index is 0.291. The zero-order valence-electron chi connectivity index (χ0n) is 9.96. The number of fused-ring (bicyclic) bond motifs is 1. The zero-order valence-corrected chi connectivity index (χ0v) is 9.96. The van der Waals surface area contributed by atoms with E-state index in [1.165, 1.54) is 17.2 Å². The largest absolute Gasteiger partial charge is 0.477 e. The summed E-state index contributed by atoms with van der Waals surface area (Å²) in [6, 6.07) is 9.29. The highest BCUT2D eigenvalue weighted by atomic mass is 16.4. The van der Waals surface area contributed by atoms with Crippen LogP contribution in [0.4, 0.5) is 5.82 Å². The fraction of sp³-hybridized carbons (Fsp3) is 0.154. The van der Waals surface area contributed by atoms with E-state index in [2.05, 4.69) is 10.2 Å². The third kappa shape index (κ3) is 1.97. The number of aromatic amines is 1. The van der Waals surface area contributed by atoms with Crippen molar-refractivity contribution >= 4 is 11.8 Å². The Morgan fingerprint density at radius 2 is 1.89 bits per heavy atom. The molecule has 0 unspecified atom stereocenters. The molecule has 2 heterocycles. The number of H-pyrrole nitrogens is 1. The second-order valence-corrected chi connectivity index (χ2v) is 4.40. The molecule has 0 atom stereocenters. The predicted molar refractivity (Wildman–Crippen MR) is 68.1 cm³/mol. The van der Waals surface area contributed by atoms with Crippen LogP contribution in [-0.4, -0.2) is 21.3 Å². The van der Waals surface area contributed by atoms with Gasteiger partial charge in [0, 0.05) is 19.2 Å². The number of nitrogens with zero attached hydrogens (tertiary/aromatic N) is 2. The maximum Gasteiger partial charge on any atom is 0.341 e. The van der Waals surface area contributed by atoms with Crippen molar-refractivity contribution in [1.82, 2.24) is 10.2 Å². The molecule has 2 N–H and O–H groups in total. The van der Waals surface area contributed by atoms with Crippen LogP contribution in [0.15, 0.2) is 35.1 Å². The molecule has 0 bridgehead atoms. The van der Waals surface area contributed by atoms with Crippen LogP contribution in [0.25, 0.3) is 0 Å². The molecule has 3 rings (SSSR count). The zero-order chi connectivity index (χ0) is 13.4. The molecule has 19 heavy (non-hydrogen) atoms. The van der Waals surface area contributed by atoms with Gasteiger partial charge >= 0.3 is 5.97 Å². The minimum atomic E-state index is -1.25. The Balaban J connectivity index is 1.96. The van der Waals surface area contributed by atoms with Crippen LogP contribution >= 0.6 is 0 Å². The Kier molecular flexibility index (Phi) is 2.56. The first kappa shape index (κ1) is 11.5. The summed E-state index contributed by atoms with van der Waals surface area (Å²) in [6.45, 7) is 1.32. The van der Waals surface area contributed by atoms with Gasteiger partial charge in [-0.1, -0.05) is 24.3 Å². The van der Waals surface area contributed by atoms with Crippen molar-refractivity contribution in [3.05, 3.63) is 57.4 Å². The van der Waals surface area contributed by atoms with Crippen LogP contribution in [0.2, 0.25) is 0 Å². The topological polar surface area (TPSA) is 86.3 Å². The number of aromatic carboxylic acids is 1. The Morgan fingerprint density at radius 3 is 2.47 bits per heavy atom.